The van der Waals surface area contributed by atoms with E-state index in [0.29, 0.717) is 31.2 Å². The second-order valence-corrected chi connectivity index (χ2v) is 7.72. The average Bonchev–Trinajstić information content (AvgIpc) is 3.01. The first-order valence-electron chi connectivity index (χ1n) is 11.3. The maximum absolute atomic E-state index is 14.4. The summed E-state index contributed by atoms with van der Waals surface area (Å²) in [6.45, 7) is 5.39. The number of likely N-dealkylation sites (tertiary alicyclic amines) is 1. The van der Waals surface area contributed by atoms with Gasteiger partial charge in [0.2, 0.25) is 5.91 Å². The Hall–Kier alpha value is -2.43. The molecule has 1 amide bonds. The van der Waals surface area contributed by atoms with Crippen LogP contribution in [0.3, 0.4) is 0 Å². The van der Waals surface area contributed by atoms with Crippen molar-refractivity contribution in [1.82, 2.24) is 20.5 Å². The molecule has 3 rings (SSSR count). The largest absolute Gasteiger partial charge is 0.453 e. The molecule has 1 aliphatic heterocycles. The minimum atomic E-state index is -0.443. The SMILES string of the molecule is CCNC(=NCc1ccc(Oc2cccnc2)c(F)c1)NCCCN1CCCCCC1=O.I. The molecule has 1 aromatic heterocycles. The number of hydrogen-bond donors (Lipinski definition) is 2. The highest BCUT2D eigenvalue weighted by Crippen LogP contribution is 2.24. The molecular weight excluding hydrogens is 536 g/mol. The Bertz CT molecular complexity index is 898. The summed E-state index contributed by atoms with van der Waals surface area (Å²) in [6.07, 6.45) is 7.91. The maximum atomic E-state index is 14.4. The molecular formula is C24H33FIN5O2. The molecule has 1 fully saturated rings. The number of carbonyl (C=O) groups is 1. The molecule has 0 spiro atoms. The van der Waals surface area contributed by atoms with Gasteiger partial charge >= 0.3 is 0 Å². The monoisotopic (exact) mass is 569 g/mol. The van der Waals surface area contributed by atoms with Gasteiger partial charge in [-0.05, 0) is 56.0 Å². The van der Waals surface area contributed by atoms with E-state index in [2.05, 4.69) is 20.6 Å². The number of hydrogen-bond acceptors (Lipinski definition) is 4. The molecule has 0 atom stereocenters. The number of benzene rings is 1. The molecule has 1 saturated heterocycles. The topological polar surface area (TPSA) is 78.9 Å². The molecule has 2 aromatic rings. The van der Waals surface area contributed by atoms with Crippen LogP contribution in [0.4, 0.5) is 4.39 Å². The quantitative estimate of drug-likeness (QED) is 0.202. The van der Waals surface area contributed by atoms with Gasteiger partial charge in [0.25, 0.3) is 0 Å². The lowest BCUT2D eigenvalue weighted by molar-refractivity contribution is -0.130. The Kier molecular flexibility index (Phi) is 11.9. The van der Waals surface area contributed by atoms with Crippen LogP contribution in [-0.4, -0.2) is 47.9 Å². The minimum Gasteiger partial charge on any atom is -0.453 e. The molecule has 0 saturated carbocycles. The van der Waals surface area contributed by atoms with Crippen LogP contribution in [0.5, 0.6) is 11.5 Å². The Morgan fingerprint density at radius 3 is 2.88 bits per heavy atom. The fourth-order valence-electron chi connectivity index (χ4n) is 3.52. The van der Waals surface area contributed by atoms with Crippen molar-refractivity contribution in [3.8, 4) is 11.5 Å². The number of carbonyl (C=O) groups excluding carboxylic acids is 1. The van der Waals surface area contributed by atoms with E-state index in [1.54, 1.807) is 30.5 Å². The number of pyridine rings is 1. The van der Waals surface area contributed by atoms with Gasteiger partial charge in [0.05, 0.1) is 12.7 Å². The standard InChI is InChI=1S/C24H32FN5O2.HI/c1-2-27-24(28-13-7-15-30-14-5-3-4-9-23(30)31)29-17-19-10-11-22(21(25)16-19)32-20-8-6-12-26-18-20;/h6,8,10-12,16,18H,2-5,7,9,13-15,17H2,1H3,(H2,27,28,29);1H. The van der Waals surface area contributed by atoms with E-state index in [0.717, 1.165) is 50.9 Å². The maximum Gasteiger partial charge on any atom is 0.222 e. The van der Waals surface area contributed by atoms with Crippen LogP contribution >= 0.6 is 24.0 Å². The molecule has 2 N–H and O–H groups in total. The lowest BCUT2D eigenvalue weighted by Gasteiger charge is -2.20. The molecule has 1 aromatic carbocycles. The highest BCUT2D eigenvalue weighted by atomic mass is 127. The minimum absolute atomic E-state index is 0. The molecule has 180 valence electrons. The number of nitrogens with zero attached hydrogens (tertiary/aromatic N) is 3. The summed E-state index contributed by atoms with van der Waals surface area (Å²) in [7, 11) is 0. The predicted molar refractivity (Wildman–Crippen MR) is 139 cm³/mol. The first kappa shape index (κ1) is 26.8. The summed E-state index contributed by atoms with van der Waals surface area (Å²) >= 11 is 0. The molecule has 0 radical (unpaired) electrons. The summed E-state index contributed by atoms with van der Waals surface area (Å²) in [5, 5.41) is 6.50. The second kappa shape index (κ2) is 14.7. The molecule has 0 aliphatic carbocycles. The number of aliphatic imine (C=N–C) groups is 1. The van der Waals surface area contributed by atoms with Crippen molar-refractivity contribution < 1.29 is 13.9 Å². The number of nitrogens with one attached hydrogen (secondary N) is 2. The van der Waals surface area contributed by atoms with E-state index in [1.165, 1.54) is 12.3 Å². The lowest BCUT2D eigenvalue weighted by atomic mass is 10.2. The smallest absolute Gasteiger partial charge is 0.222 e. The summed E-state index contributed by atoms with van der Waals surface area (Å²) in [5.41, 5.74) is 0.744. The fourth-order valence-corrected chi connectivity index (χ4v) is 3.52. The van der Waals surface area contributed by atoms with Crippen molar-refractivity contribution >= 4 is 35.8 Å². The van der Waals surface area contributed by atoms with Crippen molar-refractivity contribution in [2.45, 2.75) is 45.6 Å². The highest BCUT2D eigenvalue weighted by Gasteiger charge is 2.15. The van der Waals surface area contributed by atoms with Crippen molar-refractivity contribution in [1.29, 1.82) is 0 Å². The van der Waals surface area contributed by atoms with Gasteiger partial charge in [0.1, 0.15) is 5.75 Å². The summed E-state index contributed by atoms with van der Waals surface area (Å²) in [4.78, 5) is 22.6. The number of ether oxygens (including phenoxy) is 1. The van der Waals surface area contributed by atoms with Gasteiger partial charge in [-0.25, -0.2) is 9.38 Å². The molecule has 0 unspecified atom stereocenters. The molecule has 2 heterocycles. The Morgan fingerprint density at radius 2 is 2.12 bits per heavy atom. The van der Waals surface area contributed by atoms with Crippen molar-refractivity contribution in [2.24, 2.45) is 4.99 Å². The van der Waals surface area contributed by atoms with Crippen molar-refractivity contribution in [3.05, 3.63) is 54.1 Å². The molecule has 9 heteroatoms. The van der Waals surface area contributed by atoms with Crippen LogP contribution in [0.2, 0.25) is 0 Å². The van der Waals surface area contributed by atoms with Gasteiger partial charge in [-0.1, -0.05) is 12.5 Å². The Labute approximate surface area is 212 Å². The van der Waals surface area contributed by atoms with Gasteiger partial charge in [0.15, 0.2) is 17.5 Å². The van der Waals surface area contributed by atoms with E-state index in [-0.39, 0.29) is 35.6 Å². The van der Waals surface area contributed by atoms with E-state index < -0.39 is 5.82 Å². The van der Waals surface area contributed by atoms with Gasteiger partial charge in [-0.3, -0.25) is 9.78 Å². The normalized spacial score (nSPS) is 14.3. The first-order valence-corrected chi connectivity index (χ1v) is 11.3. The van der Waals surface area contributed by atoms with Gasteiger partial charge in [0, 0.05) is 38.8 Å². The number of rotatable bonds is 9. The lowest BCUT2D eigenvalue weighted by Crippen LogP contribution is -2.39. The predicted octanol–water partition coefficient (Wildman–Crippen LogP) is 4.48. The Balaban J connectivity index is 0.00000385. The third kappa shape index (κ3) is 9.15. The summed E-state index contributed by atoms with van der Waals surface area (Å²) < 4.78 is 20.0. The van der Waals surface area contributed by atoms with Gasteiger partial charge < -0.3 is 20.3 Å². The van der Waals surface area contributed by atoms with E-state index in [4.69, 9.17) is 4.74 Å². The molecule has 7 nitrogen and oxygen atoms in total. The number of amides is 1. The first-order chi connectivity index (χ1) is 15.7. The average molecular weight is 569 g/mol. The van der Waals surface area contributed by atoms with Crippen molar-refractivity contribution in [2.75, 3.05) is 26.2 Å². The van der Waals surface area contributed by atoms with Crippen LogP contribution < -0.4 is 15.4 Å². The molecule has 1 aliphatic rings. The summed E-state index contributed by atoms with van der Waals surface area (Å²) in [6, 6.07) is 8.29. The third-order valence-electron chi connectivity index (χ3n) is 5.19. The summed E-state index contributed by atoms with van der Waals surface area (Å²) in [5.74, 6) is 1.13. The van der Waals surface area contributed by atoms with E-state index in [9.17, 15) is 9.18 Å². The van der Waals surface area contributed by atoms with E-state index in [1.807, 2.05) is 11.8 Å². The zero-order valence-electron chi connectivity index (χ0n) is 19.1. The zero-order chi connectivity index (χ0) is 22.6. The molecule has 33 heavy (non-hydrogen) atoms. The number of guanidine groups is 1. The van der Waals surface area contributed by atoms with Crippen LogP contribution in [0.1, 0.15) is 44.6 Å². The van der Waals surface area contributed by atoms with E-state index >= 15 is 0 Å². The Morgan fingerprint density at radius 1 is 1.24 bits per heavy atom. The van der Waals surface area contributed by atoms with Gasteiger partial charge in [-0.15, -0.1) is 24.0 Å². The second-order valence-electron chi connectivity index (χ2n) is 7.72. The van der Waals surface area contributed by atoms with Gasteiger partial charge in [-0.2, -0.15) is 0 Å². The number of aromatic nitrogens is 1. The van der Waals surface area contributed by atoms with Crippen LogP contribution in [0.15, 0.2) is 47.7 Å². The van der Waals surface area contributed by atoms with Crippen LogP contribution in [0, 0.1) is 5.82 Å². The molecule has 0 bridgehead atoms. The van der Waals surface area contributed by atoms with Crippen molar-refractivity contribution in [3.63, 3.8) is 0 Å². The van der Waals surface area contributed by atoms with Crippen LogP contribution in [0.25, 0.3) is 0 Å². The number of halogens is 2. The highest BCUT2D eigenvalue weighted by molar-refractivity contribution is 14.0. The third-order valence-corrected chi connectivity index (χ3v) is 5.19. The zero-order valence-corrected chi connectivity index (χ0v) is 21.4. The fraction of sp³-hybridized carbons (Fsp3) is 0.458. The van der Waals surface area contributed by atoms with Crippen LogP contribution in [-0.2, 0) is 11.3 Å².